The van der Waals surface area contributed by atoms with Crippen molar-refractivity contribution in [1.29, 1.82) is 0 Å². The van der Waals surface area contributed by atoms with Crippen molar-refractivity contribution in [2.75, 3.05) is 37.4 Å². The van der Waals surface area contributed by atoms with Crippen LogP contribution in [0.5, 0.6) is 5.75 Å². The molecule has 35 heavy (non-hydrogen) atoms. The number of nitrogen functional groups attached to an aromatic ring is 1. The number of benzene rings is 1. The summed E-state index contributed by atoms with van der Waals surface area (Å²) in [6, 6.07) is 6.28. The van der Waals surface area contributed by atoms with Gasteiger partial charge in [0.05, 0.1) is 7.11 Å². The number of nitrogens with zero attached hydrogens (tertiary/aromatic N) is 2. The van der Waals surface area contributed by atoms with Crippen molar-refractivity contribution < 1.29 is 23.9 Å². The number of carbonyl (C=O) groups is 3. The minimum absolute atomic E-state index is 0.136. The van der Waals surface area contributed by atoms with Crippen LogP contribution in [0.15, 0.2) is 33.9 Å². The Morgan fingerprint density at radius 1 is 1.11 bits per heavy atom. The van der Waals surface area contributed by atoms with E-state index < -0.39 is 42.2 Å². The van der Waals surface area contributed by atoms with E-state index >= 15 is 0 Å². The summed E-state index contributed by atoms with van der Waals surface area (Å²) in [6.07, 6.45) is 1.84. The second-order valence-electron chi connectivity index (χ2n) is 7.62. The van der Waals surface area contributed by atoms with E-state index in [1.54, 1.807) is 12.1 Å². The SMILES string of the molecule is CCCCN(C(=O)COC(=O)CNC(=O)c1ccc(OC)cc1)c1c(N)n(CCC)c(=O)[nH]c1=O. The highest BCUT2D eigenvalue weighted by molar-refractivity contribution is 5.98. The van der Waals surface area contributed by atoms with Crippen molar-refractivity contribution in [2.45, 2.75) is 39.7 Å². The summed E-state index contributed by atoms with van der Waals surface area (Å²) in [5.41, 5.74) is 4.76. The number of anilines is 2. The van der Waals surface area contributed by atoms with Crippen LogP contribution >= 0.6 is 0 Å². The minimum atomic E-state index is -0.839. The topological polar surface area (TPSA) is 166 Å². The number of methoxy groups -OCH3 is 1. The Balaban J connectivity index is 2.07. The average Bonchev–Trinajstić information content (AvgIpc) is 2.85. The monoisotopic (exact) mass is 489 g/mol. The zero-order chi connectivity index (χ0) is 26.0. The van der Waals surface area contributed by atoms with Gasteiger partial charge in [0.1, 0.15) is 18.1 Å². The molecule has 2 aromatic rings. The fraction of sp³-hybridized carbons (Fsp3) is 0.435. The van der Waals surface area contributed by atoms with E-state index in [2.05, 4.69) is 10.3 Å². The quantitative estimate of drug-likeness (QED) is 0.365. The lowest BCUT2D eigenvalue weighted by atomic mass is 10.2. The van der Waals surface area contributed by atoms with Crippen LogP contribution in [0.2, 0.25) is 0 Å². The highest BCUT2D eigenvalue weighted by Crippen LogP contribution is 2.18. The molecular formula is C23H31N5O7. The Labute approximate surface area is 202 Å². The Morgan fingerprint density at radius 3 is 2.40 bits per heavy atom. The number of amides is 2. The molecule has 1 aromatic carbocycles. The van der Waals surface area contributed by atoms with Crippen LogP contribution in [0.3, 0.4) is 0 Å². The molecule has 0 aliphatic carbocycles. The number of hydrogen-bond acceptors (Lipinski definition) is 8. The maximum Gasteiger partial charge on any atom is 0.330 e. The van der Waals surface area contributed by atoms with Crippen molar-refractivity contribution in [1.82, 2.24) is 14.9 Å². The van der Waals surface area contributed by atoms with Crippen LogP contribution in [0.1, 0.15) is 43.5 Å². The molecule has 190 valence electrons. The number of nitrogens with two attached hydrogens (primary N) is 1. The molecule has 0 fully saturated rings. The molecule has 0 aliphatic rings. The molecule has 0 saturated carbocycles. The molecule has 12 heteroatoms. The molecule has 12 nitrogen and oxygen atoms in total. The highest BCUT2D eigenvalue weighted by atomic mass is 16.5. The van der Waals surface area contributed by atoms with Gasteiger partial charge in [0.2, 0.25) is 0 Å². The number of esters is 1. The van der Waals surface area contributed by atoms with Crippen molar-refractivity contribution in [3.8, 4) is 5.75 Å². The Bertz CT molecular complexity index is 1150. The van der Waals surface area contributed by atoms with E-state index in [1.807, 2.05) is 13.8 Å². The number of hydrogen-bond donors (Lipinski definition) is 3. The first-order valence-corrected chi connectivity index (χ1v) is 11.2. The van der Waals surface area contributed by atoms with Crippen LogP contribution in [0, 0.1) is 0 Å². The van der Waals surface area contributed by atoms with Crippen LogP contribution < -0.4 is 31.9 Å². The molecule has 1 heterocycles. The first kappa shape index (κ1) is 27.2. The first-order chi connectivity index (χ1) is 16.7. The number of rotatable bonds is 12. The van der Waals surface area contributed by atoms with Crippen molar-refractivity contribution in [3.05, 3.63) is 50.7 Å². The average molecular weight is 490 g/mol. The van der Waals surface area contributed by atoms with E-state index in [0.717, 1.165) is 4.90 Å². The predicted molar refractivity (Wildman–Crippen MR) is 130 cm³/mol. The third-order valence-electron chi connectivity index (χ3n) is 5.07. The number of nitrogens with one attached hydrogen (secondary N) is 2. The summed E-state index contributed by atoms with van der Waals surface area (Å²) in [5, 5.41) is 2.41. The summed E-state index contributed by atoms with van der Waals surface area (Å²) < 4.78 is 11.2. The fourth-order valence-electron chi connectivity index (χ4n) is 3.23. The molecule has 0 unspecified atom stereocenters. The fourth-order valence-corrected chi connectivity index (χ4v) is 3.23. The van der Waals surface area contributed by atoms with Gasteiger partial charge < -0.3 is 25.4 Å². The van der Waals surface area contributed by atoms with Gasteiger partial charge in [0.15, 0.2) is 12.3 Å². The molecule has 1 aromatic heterocycles. The Morgan fingerprint density at radius 2 is 1.80 bits per heavy atom. The number of aromatic amines is 1. The zero-order valence-electron chi connectivity index (χ0n) is 20.1. The van der Waals surface area contributed by atoms with Gasteiger partial charge in [-0.1, -0.05) is 20.3 Å². The molecule has 0 radical (unpaired) electrons. The Hall–Kier alpha value is -4.09. The van der Waals surface area contributed by atoms with Crippen LogP contribution in [-0.2, 0) is 20.9 Å². The summed E-state index contributed by atoms with van der Waals surface area (Å²) in [6.45, 7) is 3.00. The number of aromatic nitrogens is 2. The third kappa shape index (κ3) is 7.19. The Kier molecular flexibility index (Phi) is 10.1. The normalized spacial score (nSPS) is 10.5. The lowest BCUT2D eigenvalue weighted by Gasteiger charge is -2.24. The summed E-state index contributed by atoms with van der Waals surface area (Å²) in [7, 11) is 1.50. The highest BCUT2D eigenvalue weighted by Gasteiger charge is 2.24. The second-order valence-corrected chi connectivity index (χ2v) is 7.62. The van der Waals surface area contributed by atoms with Crippen LogP contribution in [0.25, 0.3) is 0 Å². The lowest BCUT2D eigenvalue weighted by molar-refractivity contribution is -0.146. The van der Waals surface area contributed by atoms with Gasteiger partial charge in [0.25, 0.3) is 17.4 Å². The second kappa shape index (κ2) is 13.0. The molecule has 2 rings (SSSR count). The molecule has 0 spiro atoms. The standard InChI is InChI=1S/C23H31N5O7/c1-4-6-12-27(19-20(24)28(11-5-2)23(33)26-22(19)32)17(29)14-35-18(30)13-25-21(31)15-7-9-16(34-3)10-8-15/h7-10H,4-6,11-14,24H2,1-3H3,(H,25,31)(H,26,32,33). The van der Waals surface area contributed by atoms with Crippen LogP contribution in [-0.4, -0.2) is 54.1 Å². The van der Waals surface area contributed by atoms with Gasteiger partial charge in [-0.3, -0.25) is 28.7 Å². The van der Waals surface area contributed by atoms with Gasteiger partial charge in [-0.25, -0.2) is 4.79 Å². The van der Waals surface area contributed by atoms with E-state index in [4.69, 9.17) is 15.2 Å². The number of ether oxygens (including phenoxy) is 2. The molecular weight excluding hydrogens is 458 g/mol. The minimum Gasteiger partial charge on any atom is -0.497 e. The van der Waals surface area contributed by atoms with E-state index in [9.17, 15) is 24.0 Å². The number of unbranched alkanes of at least 4 members (excludes halogenated alkanes) is 1. The summed E-state index contributed by atoms with van der Waals surface area (Å²) in [4.78, 5) is 65.1. The lowest BCUT2D eigenvalue weighted by Crippen LogP contribution is -2.43. The van der Waals surface area contributed by atoms with Gasteiger partial charge >= 0.3 is 11.7 Å². The molecule has 0 atom stereocenters. The van der Waals surface area contributed by atoms with E-state index in [1.165, 1.54) is 23.8 Å². The van der Waals surface area contributed by atoms with E-state index in [-0.39, 0.29) is 24.6 Å². The van der Waals surface area contributed by atoms with Gasteiger partial charge in [-0.15, -0.1) is 0 Å². The van der Waals surface area contributed by atoms with Crippen molar-refractivity contribution >= 4 is 29.3 Å². The number of H-pyrrole nitrogens is 1. The largest absolute Gasteiger partial charge is 0.497 e. The van der Waals surface area contributed by atoms with Gasteiger partial charge in [-0.2, -0.15) is 0 Å². The van der Waals surface area contributed by atoms with Gasteiger partial charge in [-0.05, 0) is 37.1 Å². The summed E-state index contributed by atoms with van der Waals surface area (Å²) in [5.74, 6) is -1.58. The maximum absolute atomic E-state index is 12.9. The van der Waals surface area contributed by atoms with Gasteiger partial charge in [0, 0.05) is 18.7 Å². The third-order valence-corrected chi connectivity index (χ3v) is 5.07. The zero-order valence-corrected chi connectivity index (χ0v) is 20.1. The summed E-state index contributed by atoms with van der Waals surface area (Å²) >= 11 is 0. The first-order valence-electron chi connectivity index (χ1n) is 11.2. The molecule has 0 bridgehead atoms. The number of carbonyl (C=O) groups excluding carboxylic acids is 3. The molecule has 0 aliphatic heterocycles. The maximum atomic E-state index is 12.9. The van der Waals surface area contributed by atoms with E-state index in [0.29, 0.717) is 30.6 Å². The molecule has 2 amide bonds. The molecule has 0 saturated heterocycles. The smallest absolute Gasteiger partial charge is 0.330 e. The molecule has 4 N–H and O–H groups in total. The van der Waals surface area contributed by atoms with Crippen molar-refractivity contribution in [3.63, 3.8) is 0 Å². The predicted octanol–water partition coefficient (Wildman–Crippen LogP) is 0.644. The van der Waals surface area contributed by atoms with Crippen molar-refractivity contribution in [2.24, 2.45) is 0 Å². The van der Waals surface area contributed by atoms with Crippen LogP contribution in [0.4, 0.5) is 11.5 Å².